The van der Waals surface area contributed by atoms with Crippen molar-refractivity contribution in [2.75, 3.05) is 11.9 Å². The molecule has 8 heteroatoms. The van der Waals surface area contributed by atoms with E-state index in [9.17, 15) is 4.79 Å². The van der Waals surface area contributed by atoms with E-state index in [0.29, 0.717) is 18.7 Å². The Hall–Kier alpha value is -2.15. The minimum Gasteiger partial charge on any atom is -0.337 e. The second-order valence-electron chi connectivity index (χ2n) is 4.76. The third kappa shape index (κ3) is 3.13. The number of anilines is 1. The third-order valence-electron chi connectivity index (χ3n) is 3.33. The first-order valence-electron chi connectivity index (χ1n) is 6.80. The lowest BCUT2D eigenvalue weighted by Crippen LogP contribution is -2.31. The predicted octanol–water partition coefficient (Wildman–Crippen LogP) is 1.64. The number of carbonyl (C=O) groups excluding carboxylic acids is 1. The lowest BCUT2D eigenvalue weighted by molar-refractivity contribution is 0.252. The summed E-state index contributed by atoms with van der Waals surface area (Å²) in [7, 11) is 0. The zero-order valence-corrected chi connectivity index (χ0v) is 12.1. The first-order chi connectivity index (χ1) is 10.2. The van der Waals surface area contributed by atoms with Crippen molar-refractivity contribution in [2.24, 2.45) is 0 Å². The minimum atomic E-state index is -0.314. The van der Waals surface area contributed by atoms with Crippen molar-refractivity contribution in [2.45, 2.75) is 25.8 Å². The fourth-order valence-electron chi connectivity index (χ4n) is 2.33. The van der Waals surface area contributed by atoms with Crippen LogP contribution in [0.15, 0.2) is 18.3 Å². The minimum absolute atomic E-state index is 0.267. The molecule has 1 aliphatic rings. The summed E-state index contributed by atoms with van der Waals surface area (Å²) in [5, 5.41) is 14.0. The highest BCUT2D eigenvalue weighted by Crippen LogP contribution is 2.17. The van der Waals surface area contributed by atoms with Gasteiger partial charge in [-0.25, -0.2) is 9.78 Å². The lowest BCUT2D eigenvalue weighted by Gasteiger charge is -2.08. The average molecular weight is 307 g/mol. The Balaban J connectivity index is 1.49. The summed E-state index contributed by atoms with van der Waals surface area (Å²) < 4.78 is 2.12. The topological polar surface area (TPSA) is 84.7 Å². The van der Waals surface area contributed by atoms with Gasteiger partial charge in [-0.3, -0.25) is 0 Å². The monoisotopic (exact) mass is 306 g/mol. The predicted molar refractivity (Wildman–Crippen MR) is 78.3 cm³/mol. The Morgan fingerprint density at radius 3 is 3.19 bits per heavy atom. The number of nitrogens with one attached hydrogen (secondary N) is 2. The average Bonchev–Trinajstić information content (AvgIpc) is 3.06. The molecule has 2 N–H and O–H groups in total. The molecule has 110 valence electrons. The van der Waals surface area contributed by atoms with Crippen molar-refractivity contribution in [3.8, 4) is 0 Å². The van der Waals surface area contributed by atoms with Gasteiger partial charge in [0.05, 0.1) is 5.69 Å². The molecule has 7 nitrogen and oxygen atoms in total. The van der Waals surface area contributed by atoms with E-state index in [1.165, 1.54) is 0 Å². The summed E-state index contributed by atoms with van der Waals surface area (Å²) in [4.78, 5) is 15.7. The number of rotatable bonds is 4. The van der Waals surface area contributed by atoms with E-state index in [-0.39, 0.29) is 11.2 Å². The molecule has 0 saturated heterocycles. The first kappa shape index (κ1) is 13.8. The van der Waals surface area contributed by atoms with Crippen molar-refractivity contribution in [3.63, 3.8) is 0 Å². The van der Waals surface area contributed by atoms with Crippen LogP contribution in [0.5, 0.6) is 0 Å². The van der Waals surface area contributed by atoms with Crippen molar-refractivity contribution in [3.05, 3.63) is 35.1 Å². The molecule has 3 heterocycles. The van der Waals surface area contributed by atoms with E-state index in [0.717, 1.165) is 31.0 Å². The molecule has 0 atom stereocenters. The molecule has 0 saturated carbocycles. The van der Waals surface area contributed by atoms with Crippen LogP contribution in [0.25, 0.3) is 0 Å². The van der Waals surface area contributed by atoms with Crippen LogP contribution in [0.3, 0.4) is 0 Å². The molecule has 0 spiro atoms. The first-order valence-corrected chi connectivity index (χ1v) is 7.18. The van der Waals surface area contributed by atoms with Crippen LogP contribution in [0.1, 0.15) is 18.1 Å². The van der Waals surface area contributed by atoms with Gasteiger partial charge in [-0.05, 0) is 18.6 Å². The molecule has 2 amide bonds. The highest BCUT2D eigenvalue weighted by atomic mass is 35.5. The molecular formula is C13H15ClN6O. The van der Waals surface area contributed by atoms with Crippen LogP contribution in [0, 0.1) is 0 Å². The quantitative estimate of drug-likeness (QED) is 0.841. The molecule has 2 aromatic rings. The van der Waals surface area contributed by atoms with E-state index in [2.05, 4.69) is 30.4 Å². The van der Waals surface area contributed by atoms with Gasteiger partial charge in [0.1, 0.15) is 11.6 Å². The number of amides is 2. The Morgan fingerprint density at radius 2 is 2.33 bits per heavy atom. The molecule has 0 radical (unpaired) electrons. The lowest BCUT2D eigenvalue weighted by atomic mass is 10.4. The molecule has 0 fully saturated rings. The number of aryl methyl sites for hydroxylation is 1. The van der Waals surface area contributed by atoms with Gasteiger partial charge in [0.15, 0.2) is 5.15 Å². The molecule has 21 heavy (non-hydrogen) atoms. The van der Waals surface area contributed by atoms with Crippen LogP contribution in [0.2, 0.25) is 5.15 Å². The molecule has 0 bridgehead atoms. The Morgan fingerprint density at radius 1 is 1.43 bits per heavy atom. The van der Waals surface area contributed by atoms with Gasteiger partial charge in [-0.15, -0.1) is 10.2 Å². The standard InChI is InChI=1S/C13H15ClN6O/c14-12-9(3-1-6-15-12)17-13(21)16-7-5-11-19-18-10-4-2-8-20(10)11/h1,3,6H,2,4-5,7-8H2,(H2,16,17,21). The largest absolute Gasteiger partial charge is 0.337 e. The van der Waals surface area contributed by atoms with Gasteiger partial charge < -0.3 is 15.2 Å². The van der Waals surface area contributed by atoms with Gasteiger partial charge in [-0.2, -0.15) is 0 Å². The van der Waals surface area contributed by atoms with Gasteiger partial charge in [0, 0.05) is 32.1 Å². The van der Waals surface area contributed by atoms with Crippen molar-refractivity contribution < 1.29 is 4.79 Å². The number of nitrogens with zero attached hydrogens (tertiary/aromatic N) is 4. The Bertz CT molecular complexity index is 656. The number of fused-ring (bicyclic) bond motifs is 1. The molecular weight excluding hydrogens is 292 g/mol. The zero-order valence-electron chi connectivity index (χ0n) is 11.3. The highest BCUT2D eigenvalue weighted by Gasteiger charge is 2.16. The summed E-state index contributed by atoms with van der Waals surface area (Å²) >= 11 is 5.87. The van der Waals surface area contributed by atoms with E-state index in [4.69, 9.17) is 11.6 Å². The second-order valence-corrected chi connectivity index (χ2v) is 5.12. The number of hydrogen-bond donors (Lipinski definition) is 2. The number of aromatic nitrogens is 4. The normalized spacial score (nSPS) is 13.0. The van der Waals surface area contributed by atoms with E-state index in [1.807, 2.05) is 0 Å². The van der Waals surface area contributed by atoms with Crippen LogP contribution in [-0.2, 0) is 19.4 Å². The fraction of sp³-hybridized carbons (Fsp3) is 0.385. The molecule has 0 unspecified atom stereocenters. The van der Waals surface area contributed by atoms with Crippen LogP contribution < -0.4 is 10.6 Å². The molecule has 0 aliphatic carbocycles. The Kier molecular flexibility index (Phi) is 4.01. The van der Waals surface area contributed by atoms with E-state index in [1.54, 1.807) is 18.3 Å². The molecule has 1 aliphatic heterocycles. The maximum Gasteiger partial charge on any atom is 0.319 e. The van der Waals surface area contributed by atoms with E-state index >= 15 is 0 Å². The smallest absolute Gasteiger partial charge is 0.319 e. The summed E-state index contributed by atoms with van der Waals surface area (Å²) in [6.45, 7) is 1.46. The van der Waals surface area contributed by atoms with Crippen LogP contribution >= 0.6 is 11.6 Å². The number of halogens is 1. The number of urea groups is 1. The van der Waals surface area contributed by atoms with Crippen LogP contribution in [-0.4, -0.2) is 32.3 Å². The number of pyridine rings is 1. The maximum atomic E-state index is 11.8. The Labute approximate surface area is 126 Å². The second kappa shape index (κ2) is 6.09. The molecule has 3 rings (SSSR count). The molecule has 0 aromatic carbocycles. The maximum absolute atomic E-state index is 11.8. The zero-order chi connectivity index (χ0) is 14.7. The van der Waals surface area contributed by atoms with Gasteiger partial charge >= 0.3 is 6.03 Å². The third-order valence-corrected chi connectivity index (χ3v) is 3.63. The summed E-state index contributed by atoms with van der Waals surface area (Å²) in [5.74, 6) is 1.96. The SMILES string of the molecule is O=C(NCCc1nnc2n1CCC2)Nc1cccnc1Cl. The van der Waals surface area contributed by atoms with Crippen LogP contribution in [0.4, 0.5) is 10.5 Å². The van der Waals surface area contributed by atoms with Crippen molar-refractivity contribution >= 4 is 23.3 Å². The fourth-order valence-corrected chi connectivity index (χ4v) is 2.50. The summed E-state index contributed by atoms with van der Waals surface area (Å²) in [6, 6.07) is 3.09. The molecule has 2 aromatic heterocycles. The highest BCUT2D eigenvalue weighted by molar-refractivity contribution is 6.32. The number of hydrogen-bond acceptors (Lipinski definition) is 4. The summed E-state index contributed by atoms with van der Waals surface area (Å²) in [6.07, 6.45) is 4.32. The van der Waals surface area contributed by atoms with Gasteiger partial charge in [0.25, 0.3) is 0 Å². The van der Waals surface area contributed by atoms with Crippen molar-refractivity contribution in [1.82, 2.24) is 25.1 Å². The summed E-state index contributed by atoms with van der Waals surface area (Å²) in [5.41, 5.74) is 0.486. The van der Waals surface area contributed by atoms with Gasteiger partial charge in [-0.1, -0.05) is 11.6 Å². The van der Waals surface area contributed by atoms with E-state index < -0.39 is 0 Å². The van der Waals surface area contributed by atoms with Crippen molar-refractivity contribution in [1.29, 1.82) is 0 Å². The number of carbonyl (C=O) groups is 1. The van der Waals surface area contributed by atoms with Gasteiger partial charge in [0.2, 0.25) is 0 Å².